The summed E-state index contributed by atoms with van der Waals surface area (Å²) in [6, 6.07) is 7.69. The number of likely N-dealkylation sites (N-methyl/N-ethyl adjacent to an activating group) is 1. The minimum Gasteiger partial charge on any atom is -0.377 e. The van der Waals surface area contributed by atoms with Gasteiger partial charge in [-0.2, -0.15) is 0 Å². The van der Waals surface area contributed by atoms with Crippen LogP contribution >= 0.6 is 0 Å². The molecule has 0 aliphatic heterocycles. The van der Waals surface area contributed by atoms with Gasteiger partial charge in [-0.05, 0) is 45.7 Å². The molecular weight excluding hydrogens is 504 g/mol. The van der Waals surface area contributed by atoms with E-state index in [0.717, 1.165) is 5.56 Å². The Bertz CT molecular complexity index is 924. The van der Waals surface area contributed by atoms with Gasteiger partial charge in [0.15, 0.2) is 5.78 Å². The van der Waals surface area contributed by atoms with Crippen LogP contribution in [0.25, 0.3) is 0 Å². The van der Waals surface area contributed by atoms with Gasteiger partial charge in [0.25, 0.3) is 0 Å². The lowest BCUT2D eigenvalue weighted by atomic mass is 10.0. The second kappa shape index (κ2) is 18.2. The fourth-order valence-electron chi connectivity index (χ4n) is 3.65. The highest BCUT2D eigenvalue weighted by Crippen LogP contribution is 2.10. The summed E-state index contributed by atoms with van der Waals surface area (Å²) >= 11 is 0. The molecular formula is C28H44N4O7. The first kappa shape index (κ1) is 33.9. The third-order valence-corrected chi connectivity index (χ3v) is 6.10. The summed E-state index contributed by atoms with van der Waals surface area (Å²) in [6.45, 7) is 5.51. The number of carbonyl (C=O) groups excluding carboxylic acids is 5. The minimum atomic E-state index is -0.903. The molecule has 1 aromatic rings. The van der Waals surface area contributed by atoms with Crippen molar-refractivity contribution in [3.8, 4) is 0 Å². The normalized spacial score (nSPS) is 12.7. The molecule has 0 bridgehead atoms. The lowest BCUT2D eigenvalue weighted by Gasteiger charge is -2.30. The fourth-order valence-corrected chi connectivity index (χ4v) is 3.65. The highest BCUT2D eigenvalue weighted by Gasteiger charge is 2.32. The highest BCUT2D eigenvalue weighted by atomic mass is 16.5. The maximum Gasteiger partial charge on any atom is 0.245 e. The van der Waals surface area contributed by atoms with E-state index in [1.807, 2.05) is 37.3 Å². The van der Waals surface area contributed by atoms with E-state index in [9.17, 15) is 24.0 Å². The average molecular weight is 549 g/mol. The van der Waals surface area contributed by atoms with Gasteiger partial charge in [-0.3, -0.25) is 19.2 Å². The number of methoxy groups -OCH3 is 1. The molecule has 39 heavy (non-hydrogen) atoms. The van der Waals surface area contributed by atoms with Gasteiger partial charge < -0.3 is 35.1 Å². The zero-order chi connectivity index (χ0) is 29.3. The summed E-state index contributed by atoms with van der Waals surface area (Å²) in [6.07, 6.45) is 2.27. The highest BCUT2D eigenvalue weighted by molar-refractivity contribution is 5.93. The van der Waals surface area contributed by atoms with Crippen molar-refractivity contribution < 1.29 is 33.4 Å². The lowest BCUT2D eigenvalue weighted by Crippen LogP contribution is -2.58. The van der Waals surface area contributed by atoms with E-state index >= 15 is 0 Å². The monoisotopic (exact) mass is 548 g/mol. The first-order valence-electron chi connectivity index (χ1n) is 13.2. The van der Waals surface area contributed by atoms with Crippen LogP contribution in [0.3, 0.4) is 0 Å². The van der Waals surface area contributed by atoms with Crippen LogP contribution in [0.2, 0.25) is 0 Å². The maximum atomic E-state index is 13.6. The van der Waals surface area contributed by atoms with E-state index in [1.54, 1.807) is 20.9 Å². The van der Waals surface area contributed by atoms with Crippen LogP contribution in [0.5, 0.6) is 0 Å². The summed E-state index contributed by atoms with van der Waals surface area (Å²) in [5, 5.41) is 8.44. The molecule has 0 aliphatic rings. The van der Waals surface area contributed by atoms with Gasteiger partial charge in [-0.25, -0.2) is 0 Å². The molecule has 0 fully saturated rings. The molecule has 0 radical (unpaired) electrons. The van der Waals surface area contributed by atoms with Gasteiger partial charge in [-0.1, -0.05) is 37.3 Å². The molecule has 218 valence electrons. The number of ether oxygens (including phenoxy) is 2. The van der Waals surface area contributed by atoms with Crippen LogP contribution < -0.4 is 16.0 Å². The average Bonchev–Trinajstić information content (AvgIpc) is 2.91. The van der Waals surface area contributed by atoms with E-state index in [0.29, 0.717) is 32.1 Å². The Balaban J connectivity index is 2.83. The number of benzene rings is 1. The van der Waals surface area contributed by atoms with Gasteiger partial charge in [0.2, 0.25) is 17.7 Å². The molecule has 1 aromatic carbocycles. The molecule has 2 unspecified atom stereocenters. The van der Waals surface area contributed by atoms with Crippen molar-refractivity contribution in [3.63, 3.8) is 0 Å². The fraction of sp³-hybridized carbons (Fsp3) is 0.607. The zero-order valence-corrected chi connectivity index (χ0v) is 23.8. The van der Waals surface area contributed by atoms with Crippen molar-refractivity contribution in [2.24, 2.45) is 0 Å². The number of hydrogen-bond donors (Lipinski definition) is 3. The Kier molecular flexibility index (Phi) is 15.8. The molecule has 0 spiro atoms. The number of aldehydes is 1. The quantitative estimate of drug-likeness (QED) is 0.159. The first-order chi connectivity index (χ1) is 18.6. The predicted octanol–water partition coefficient (Wildman–Crippen LogP) is 0.647. The summed E-state index contributed by atoms with van der Waals surface area (Å²) < 4.78 is 10.00. The van der Waals surface area contributed by atoms with Crippen LogP contribution in [-0.2, 0) is 39.9 Å². The molecule has 0 aliphatic carbocycles. The molecule has 3 amide bonds. The number of amides is 3. The third kappa shape index (κ3) is 13.0. The van der Waals surface area contributed by atoms with Crippen molar-refractivity contribution in [1.82, 2.24) is 20.9 Å². The van der Waals surface area contributed by atoms with Crippen LogP contribution in [0.15, 0.2) is 30.3 Å². The largest absolute Gasteiger partial charge is 0.377 e. The number of nitrogens with one attached hydrogen (secondary N) is 3. The molecule has 0 aromatic heterocycles. The van der Waals surface area contributed by atoms with Gasteiger partial charge in [0.05, 0.1) is 18.1 Å². The van der Waals surface area contributed by atoms with Gasteiger partial charge >= 0.3 is 0 Å². The molecule has 3 N–H and O–H groups in total. The Hall–Kier alpha value is -3.15. The standard InChI is InChI=1S/C28H44N4O7/c1-6-14-32(17-25(35)30-22(18-33)13-10-15-39-20-23(34)19-38-5)26(36)24(16-21-11-8-7-9-12-21)31-27(37)28(2,3)29-4/h7-9,11-12,18,22,24,29H,6,10,13-17,19-20H2,1-5H3,(H,30,35)(H,31,37). The number of rotatable bonds is 20. The Labute approximate surface area is 231 Å². The van der Waals surface area contributed by atoms with E-state index in [-0.39, 0.29) is 50.4 Å². The third-order valence-electron chi connectivity index (χ3n) is 6.10. The first-order valence-corrected chi connectivity index (χ1v) is 13.2. The van der Waals surface area contributed by atoms with Crippen LogP contribution in [0.4, 0.5) is 0 Å². The molecule has 11 heteroatoms. The van der Waals surface area contributed by atoms with Crippen LogP contribution in [0, 0.1) is 0 Å². The van der Waals surface area contributed by atoms with Crippen LogP contribution in [-0.4, -0.2) is 99.4 Å². The van der Waals surface area contributed by atoms with E-state index < -0.39 is 23.5 Å². The van der Waals surface area contributed by atoms with E-state index in [4.69, 9.17) is 9.47 Å². The molecule has 1 rings (SSSR count). The summed E-state index contributed by atoms with van der Waals surface area (Å²) in [5.74, 6) is -1.39. The maximum absolute atomic E-state index is 13.6. The SMILES string of the molecule is CCCN(CC(=O)NC(C=O)CCCOCC(=O)COC)C(=O)C(Cc1ccccc1)NC(=O)C(C)(C)NC. The van der Waals surface area contributed by atoms with Gasteiger partial charge in [0, 0.05) is 26.7 Å². The molecule has 2 atom stereocenters. The second-order valence-electron chi connectivity index (χ2n) is 9.83. The zero-order valence-electron chi connectivity index (χ0n) is 23.8. The minimum absolute atomic E-state index is 0.0247. The topological polar surface area (TPSA) is 143 Å². The number of Topliss-reactive ketones (excluding diaryl/α,β-unsaturated/α-hetero) is 1. The molecule has 0 heterocycles. The summed E-state index contributed by atoms with van der Waals surface area (Å²) in [4.78, 5) is 63.7. The van der Waals surface area contributed by atoms with Gasteiger partial charge in [-0.15, -0.1) is 0 Å². The Morgan fingerprint density at radius 1 is 1.08 bits per heavy atom. The Morgan fingerprint density at radius 2 is 1.77 bits per heavy atom. The number of hydrogen-bond acceptors (Lipinski definition) is 8. The van der Waals surface area contributed by atoms with Crippen molar-refractivity contribution >= 4 is 29.8 Å². The van der Waals surface area contributed by atoms with Crippen LogP contribution in [0.1, 0.15) is 45.6 Å². The van der Waals surface area contributed by atoms with Crippen molar-refractivity contribution in [3.05, 3.63) is 35.9 Å². The number of ketones is 1. The summed E-state index contributed by atoms with van der Waals surface area (Å²) in [5.41, 5.74) is -0.0355. The number of carbonyl (C=O) groups is 5. The second-order valence-corrected chi connectivity index (χ2v) is 9.83. The Morgan fingerprint density at radius 3 is 2.36 bits per heavy atom. The lowest BCUT2D eigenvalue weighted by molar-refractivity contribution is -0.140. The molecule has 0 saturated heterocycles. The van der Waals surface area contributed by atoms with E-state index in [2.05, 4.69) is 16.0 Å². The predicted molar refractivity (Wildman–Crippen MR) is 147 cm³/mol. The van der Waals surface area contributed by atoms with Gasteiger partial charge in [0.1, 0.15) is 25.5 Å². The van der Waals surface area contributed by atoms with Crippen molar-refractivity contribution in [2.45, 2.75) is 64.1 Å². The van der Waals surface area contributed by atoms with Crippen molar-refractivity contribution in [1.29, 1.82) is 0 Å². The molecule has 11 nitrogen and oxygen atoms in total. The molecule has 0 saturated carbocycles. The van der Waals surface area contributed by atoms with Crippen molar-refractivity contribution in [2.75, 3.05) is 47.1 Å². The summed E-state index contributed by atoms with van der Waals surface area (Å²) in [7, 11) is 3.09. The smallest absolute Gasteiger partial charge is 0.245 e. The van der Waals surface area contributed by atoms with E-state index in [1.165, 1.54) is 12.0 Å². The number of nitrogens with zero attached hydrogens (tertiary/aromatic N) is 1.